The SMILES string of the molecule is CCc1cc(Oc2c(C(=O)N[C@@H](C)c3ccc(C(=O)OC)c(C)c3C)c(C(F)F)nn2C)ccc1F. The molecule has 3 aromatic rings. The summed E-state index contributed by atoms with van der Waals surface area (Å²) in [5.41, 5.74) is 1.76. The summed E-state index contributed by atoms with van der Waals surface area (Å²) in [6.07, 6.45) is -2.64. The van der Waals surface area contributed by atoms with Gasteiger partial charge in [-0.25, -0.2) is 22.6 Å². The molecule has 0 bridgehead atoms. The van der Waals surface area contributed by atoms with Gasteiger partial charge in [-0.15, -0.1) is 0 Å². The third kappa shape index (κ3) is 5.22. The molecule has 0 saturated heterocycles. The standard InChI is InChI=1S/C26H28F3N3O4/c1-7-16-12-17(8-11-20(16)27)36-25-21(22(23(28)29)31-32(25)5)24(33)30-15(4)18-9-10-19(26(34)35-6)14(3)13(18)2/h8-12,15,23H,7H2,1-6H3,(H,30,33)/t15-/m0/s1. The molecule has 1 N–H and O–H groups in total. The lowest BCUT2D eigenvalue weighted by Crippen LogP contribution is -2.28. The largest absolute Gasteiger partial charge is 0.465 e. The van der Waals surface area contributed by atoms with Gasteiger partial charge in [0.2, 0.25) is 5.88 Å². The Bertz CT molecular complexity index is 1300. The number of carbonyl (C=O) groups is 2. The molecule has 0 aliphatic carbocycles. The number of ether oxygens (including phenoxy) is 2. The van der Waals surface area contributed by atoms with Crippen molar-refractivity contribution in [1.29, 1.82) is 0 Å². The number of nitrogens with one attached hydrogen (secondary N) is 1. The average molecular weight is 504 g/mol. The lowest BCUT2D eigenvalue weighted by molar-refractivity contribution is 0.0599. The van der Waals surface area contributed by atoms with Gasteiger partial charge in [0.15, 0.2) is 0 Å². The average Bonchev–Trinajstić information content (AvgIpc) is 3.17. The molecular formula is C26H28F3N3O4. The fourth-order valence-electron chi connectivity index (χ4n) is 4.00. The van der Waals surface area contributed by atoms with Gasteiger partial charge in [0, 0.05) is 7.05 Å². The minimum atomic E-state index is -3.03. The van der Waals surface area contributed by atoms with Crippen LogP contribution in [-0.4, -0.2) is 28.8 Å². The number of hydrogen-bond donors (Lipinski definition) is 1. The molecule has 1 aromatic heterocycles. The Morgan fingerprint density at radius 3 is 2.44 bits per heavy atom. The third-order valence-electron chi connectivity index (χ3n) is 6.12. The number of nitrogens with zero attached hydrogens (tertiary/aromatic N) is 2. The molecule has 36 heavy (non-hydrogen) atoms. The molecule has 0 saturated carbocycles. The molecule has 0 aliphatic rings. The zero-order chi connectivity index (χ0) is 26.7. The maximum atomic E-state index is 13.9. The van der Waals surface area contributed by atoms with E-state index in [-0.39, 0.29) is 11.6 Å². The van der Waals surface area contributed by atoms with Gasteiger partial charge in [-0.1, -0.05) is 13.0 Å². The highest BCUT2D eigenvalue weighted by molar-refractivity contribution is 5.98. The molecule has 0 aliphatic heterocycles. The van der Waals surface area contributed by atoms with E-state index in [0.717, 1.165) is 10.2 Å². The minimum absolute atomic E-state index is 0.184. The van der Waals surface area contributed by atoms with E-state index in [1.54, 1.807) is 39.8 Å². The van der Waals surface area contributed by atoms with E-state index >= 15 is 0 Å². The highest BCUT2D eigenvalue weighted by atomic mass is 19.3. The minimum Gasteiger partial charge on any atom is -0.465 e. The highest BCUT2D eigenvalue weighted by Crippen LogP contribution is 2.34. The maximum absolute atomic E-state index is 13.9. The molecule has 3 rings (SSSR count). The van der Waals surface area contributed by atoms with E-state index < -0.39 is 41.4 Å². The number of alkyl halides is 2. The Balaban J connectivity index is 1.96. The summed E-state index contributed by atoms with van der Waals surface area (Å²) in [7, 11) is 2.67. The van der Waals surface area contributed by atoms with Gasteiger partial charge in [-0.05, 0) is 73.7 Å². The van der Waals surface area contributed by atoms with Gasteiger partial charge in [-0.3, -0.25) is 4.79 Å². The first-order valence-electron chi connectivity index (χ1n) is 11.3. The predicted octanol–water partition coefficient (Wildman–Crippen LogP) is 5.75. The van der Waals surface area contributed by atoms with Crippen molar-refractivity contribution in [2.75, 3.05) is 7.11 Å². The van der Waals surface area contributed by atoms with Crippen molar-refractivity contribution < 1.29 is 32.2 Å². The van der Waals surface area contributed by atoms with Crippen LogP contribution in [0.1, 0.15) is 75.0 Å². The first-order chi connectivity index (χ1) is 17.0. The van der Waals surface area contributed by atoms with Crippen LogP contribution in [0.15, 0.2) is 30.3 Å². The summed E-state index contributed by atoms with van der Waals surface area (Å²) in [5, 5.41) is 6.52. The first kappa shape index (κ1) is 26.8. The van der Waals surface area contributed by atoms with Crippen molar-refractivity contribution in [2.45, 2.75) is 46.6 Å². The van der Waals surface area contributed by atoms with Gasteiger partial charge < -0.3 is 14.8 Å². The number of hydrogen-bond acceptors (Lipinski definition) is 5. The smallest absolute Gasteiger partial charge is 0.338 e. The molecule has 0 spiro atoms. The second kappa shape index (κ2) is 10.8. The number of methoxy groups -OCH3 is 1. The molecule has 0 fully saturated rings. The summed E-state index contributed by atoms with van der Waals surface area (Å²) >= 11 is 0. The number of aromatic nitrogens is 2. The van der Waals surface area contributed by atoms with E-state index in [9.17, 15) is 22.8 Å². The van der Waals surface area contributed by atoms with Gasteiger partial charge >= 0.3 is 5.97 Å². The zero-order valence-corrected chi connectivity index (χ0v) is 20.9. The number of benzene rings is 2. The van der Waals surface area contributed by atoms with Crippen molar-refractivity contribution in [3.05, 3.63) is 75.2 Å². The van der Waals surface area contributed by atoms with E-state index in [2.05, 4.69) is 10.4 Å². The zero-order valence-electron chi connectivity index (χ0n) is 20.9. The van der Waals surface area contributed by atoms with Crippen LogP contribution >= 0.6 is 0 Å². The monoisotopic (exact) mass is 503 g/mol. The molecule has 2 aromatic carbocycles. The Labute approximate surface area is 207 Å². The summed E-state index contributed by atoms with van der Waals surface area (Å²) < 4.78 is 53.1. The normalized spacial score (nSPS) is 11.9. The summed E-state index contributed by atoms with van der Waals surface area (Å²) in [6, 6.07) is 6.68. The van der Waals surface area contributed by atoms with E-state index in [0.29, 0.717) is 28.7 Å². The van der Waals surface area contributed by atoms with Crippen LogP contribution in [0.25, 0.3) is 0 Å². The predicted molar refractivity (Wildman–Crippen MR) is 127 cm³/mol. The van der Waals surface area contributed by atoms with Gasteiger partial charge in [0.1, 0.15) is 22.8 Å². The number of rotatable bonds is 8. The Kier molecular flexibility index (Phi) is 8.07. The topological polar surface area (TPSA) is 82.4 Å². The van der Waals surface area contributed by atoms with Gasteiger partial charge in [0.05, 0.1) is 18.7 Å². The Morgan fingerprint density at radius 1 is 1.14 bits per heavy atom. The summed E-state index contributed by atoms with van der Waals surface area (Å²) in [4.78, 5) is 25.2. The molecular weight excluding hydrogens is 475 g/mol. The van der Waals surface area contributed by atoms with Crippen LogP contribution in [0.5, 0.6) is 11.6 Å². The van der Waals surface area contributed by atoms with Crippen LogP contribution in [-0.2, 0) is 18.2 Å². The van der Waals surface area contributed by atoms with Gasteiger partial charge in [-0.2, -0.15) is 5.10 Å². The lowest BCUT2D eigenvalue weighted by atomic mass is 9.94. The van der Waals surface area contributed by atoms with Gasteiger partial charge in [0.25, 0.3) is 12.3 Å². The van der Waals surface area contributed by atoms with Crippen LogP contribution in [0.2, 0.25) is 0 Å². The Morgan fingerprint density at radius 2 is 1.83 bits per heavy atom. The van der Waals surface area contributed by atoms with Crippen LogP contribution in [0.4, 0.5) is 13.2 Å². The third-order valence-corrected chi connectivity index (χ3v) is 6.12. The number of carbonyl (C=O) groups excluding carboxylic acids is 2. The van der Waals surface area contributed by atoms with Crippen molar-refractivity contribution in [3.63, 3.8) is 0 Å². The number of amides is 1. The molecule has 0 unspecified atom stereocenters. The highest BCUT2D eigenvalue weighted by Gasteiger charge is 2.31. The van der Waals surface area contributed by atoms with Crippen LogP contribution in [0, 0.1) is 19.7 Å². The van der Waals surface area contributed by atoms with E-state index in [4.69, 9.17) is 9.47 Å². The first-order valence-corrected chi connectivity index (χ1v) is 11.3. The Hall–Kier alpha value is -3.82. The van der Waals surface area contributed by atoms with E-state index in [1.807, 2.05) is 0 Å². The molecule has 1 atom stereocenters. The van der Waals surface area contributed by atoms with Crippen molar-refractivity contribution in [3.8, 4) is 11.6 Å². The van der Waals surface area contributed by atoms with E-state index in [1.165, 1.54) is 32.4 Å². The second-order valence-electron chi connectivity index (χ2n) is 8.34. The number of aryl methyl sites for hydroxylation is 2. The lowest BCUT2D eigenvalue weighted by Gasteiger charge is -2.20. The molecule has 10 heteroatoms. The fraction of sp³-hybridized carbons (Fsp3) is 0.346. The molecule has 7 nitrogen and oxygen atoms in total. The summed E-state index contributed by atoms with van der Waals surface area (Å²) in [6.45, 7) is 7.02. The van der Waals surface area contributed by atoms with Crippen LogP contribution in [0.3, 0.4) is 0 Å². The van der Waals surface area contributed by atoms with Crippen LogP contribution < -0.4 is 10.1 Å². The maximum Gasteiger partial charge on any atom is 0.338 e. The number of halogens is 3. The van der Waals surface area contributed by atoms with Crippen molar-refractivity contribution >= 4 is 11.9 Å². The molecule has 1 heterocycles. The number of esters is 1. The molecule has 0 radical (unpaired) electrons. The van der Waals surface area contributed by atoms with Crippen molar-refractivity contribution in [2.24, 2.45) is 7.05 Å². The second-order valence-corrected chi connectivity index (χ2v) is 8.34. The van der Waals surface area contributed by atoms with Crippen molar-refractivity contribution in [1.82, 2.24) is 15.1 Å². The quantitative estimate of drug-likeness (QED) is 0.396. The fourth-order valence-corrected chi connectivity index (χ4v) is 4.00. The molecule has 1 amide bonds. The molecule has 192 valence electrons. The summed E-state index contributed by atoms with van der Waals surface area (Å²) in [5.74, 6) is -1.72.